The Morgan fingerprint density at radius 2 is 2.15 bits per heavy atom. The maximum absolute atomic E-state index is 11.8. The number of Topliss-reactive ketones (excluding diaryl/α,β-unsaturated/α-hetero) is 1. The molecule has 0 radical (unpaired) electrons. The Morgan fingerprint density at radius 3 is 2.81 bits per heavy atom. The average Bonchev–Trinajstić information content (AvgIpc) is 2.66. The van der Waals surface area contributed by atoms with Crippen molar-refractivity contribution in [3.05, 3.63) is 58.4 Å². The first-order chi connectivity index (χ1) is 12.5. The fourth-order valence-corrected chi connectivity index (χ4v) is 3.15. The van der Waals surface area contributed by atoms with Crippen LogP contribution < -0.4 is 4.74 Å². The summed E-state index contributed by atoms with van der Waals surface area (Å²) in [5.41, 5.74) is 2.48. The van der Waals surface area contributed by atoms with Gasteiger partial charge >= 0.3 is 0 Å². The summed E-state index contributed by atoms with van der Waals surface area (Å²) >= 11 is 6.31. The normalized spacial score (nSPS) is 23.1. The summed E-state index contributed by atoms with van der Waals surface area (Å²) in [7, 11) is 1.58. The second-order valence-electron chi connectivity index (χ2n) is 6.17. The summed E-state index contributed by atoms with van der Waals surface area (Å²) in [4.78, 5) is 16.1. The van der Waals surface area contributed by atoms with Gasteiger partial charge in [0.2, 0.25) is 0 Å². The number of aliphatic hydroxyl groups is 2. The number of ether oxygens (including phenoxy) is 2. The molecule has 2 aromatic rings. The van der Waals surface area contributed by atoms with Crippen LogP contribution in [0.15, 0.2) is 36.5 Å². The molecule has 1 fully saturated rings. The van der Waals surface area contributed by atoms with Crippen LogP contribution in [0.25, 0.3) is 0 Å². The number of rotatable bonds is 5. The summed E-state index contributed by atoms with van der Waals surface area (Å²) in [6.45, 7) is -0.456. The van der Waals surface area contributed by atoms with E-state index in [1.54, 1.807) is 25.4 Å². The molecule has 0 spiro atoms. The number of aliphatic hydroxyl groups excluding tert-OH is 2. The molecule has 2 N–H and O–H groups in total. The Hall–Kier alpha value is -1.99. The number of carbonyl (C=O) groups is 1. The van der Waals surface area contributed by atoms with Crippen molar-refractivity contribution in [2.75, 3.05) is 13.7 Å². The van der Waals surface area contributed by atoms with Crippen LogP contribution in [-0.2, 0) is 16.0 Å². The van der Waals surface area contributed by atoms with Crippen molar-refractivity contribution < 1.29 is 24.5 Å². The van der Waals surface area contributed by atoms with Crippen LogP contribution in [0.1, 0.15) is 29.3 Å². The van der Waals surface area contributed by atoms with Gasteiger partial charge in [-0.1, -0.05) is 23.7 Å². The third-order valence-corrected chi connectivity index (χ3v) is 4.79. The minimum atomic E-state index is -1.15. The van der Waals surface area contributed by atoms with Gasteiger partial charge in [0.15, 0.2) is 5.78 Å². The van der Waals surface area contributed by atoms with Crippen LogP contribution >= 0.6 is 11.6 Å². The molecule has 1 aliphatic heterocycles. The fourth-order valence-electron chi connectivity index (χ4n) is 2.96. The van der Waals surface area contributed by atoms with Gasteiger partial charge in [0.25, 0.3) is 0 Å². The SMILES string of the molecule is COc1ccc(Cc2cc(C3CC(O)C(=O)C(CO)O3)ccc2Cl)nc1. The molecule has 3 rings (SSSR count). The lowest BCUT2D eigenvalue weighted by molar-refractivity contribution is -0.161. The van der Waals surface area contributed by atoms with Crippen LogP contribution in [0.2, 0.25) is 5.02 Å². The molecular weight excluding hydrogens is 358 g/mol. The van der Waals surface area contributed by atoms with Gasteiger partial charge in [-0.3, -0.25) is 9.78 Å². The van der Waals surface area contributed by atoms with Crippen molar-refractivity contribution >= 4 is 17.4 Å². The molecule has 2 heterocycles. The number of hydrogen-bond acceptors (Lipinski definition) is 6. The lowest BCUT2D eigenvalue weighted by atomic mass is 9.93. The molecule has 6 nitrogen and oxygen atoms in total. The van der Waals surface area contributed by atoms with Crippen molar-refractivity contribution in [3.63, 3.8) is 0 Å². The molecule has 1 aliphatic rings. The Kier molecular flexibility index (Phi) is 5.88. The fraction of sp³-hybridized carbons (Fsp3) is 0.368. The van der Waals surface area contributed by atoms with Crippen LogP contribution in [0, 0.1) is 0 Å². The Morgan fingerprint density at radius 1 is 1.35 bits per heavy atom. The summed E-state index contributed by atoms with van der Waals surface area (Å²) < 4.78 is 10.7. The third kappa shape index (κ3) is 4.04. The largest absolute Gasteiger partial charge is 0.495 e. The number of ketones is 1. The van der Waals surface area contributed by atoms with Crippen molar-refractivity contribution in [3.8, 4) is 5.75 Å². The van der Waals surface area contributed by atoms with Gasteiger partial charge in [0, 0.05) is 23.6 Å². The van der Waals surface area contributed by atoms with E-state index < -0.39 is 30.7 Å². The first kappa shape index (κ1) is 18.8. The molecule has 0 amide bonds. The van der Waals surface area contributed by atoms with E-state index in [0.29, 0.717) is 17.2 Å². The molecule has 0 saturated carbocycles. The van der Waals surface area contributed by atoms with E-state index in [0.717, 1.165) is 16.8 Å². The van der Waals surface area contributed by atoms with Crippen molar-refractivity contribution in [2.45, 2.75) is 31.2 Å². The number of benzene rings is 1. The van der Waals surface area contributed by atoms with Crippen molar-refractivity contribution in [1.29, 1.82) is 0 Å². The van der Waals surface area contributed by atoms with E-state index in [4.69, 9.17) is 21.1 Å². The maximum Gasteiger partial charge on any atom is 0.192 e. The van der Waals surface area contributed by atoms with E-state index in [2.05, 4.69) is 4.98 Å². The minimum Gasteiger partial charge on any atom is -0.495 e. The van der Waals surface area contributed by atoms with Crippen LogP contribution in [0.5, 0.6) is 5.75 Å². The molecule has 138 valence electrons. The van der Waals surface area contributed by atoms with Crippen molar-refractivity contribution in [2.24, 2.45) is 0 Å². The van der Waals surface area contributed by atoms with Gasteiger partial charge in [0.05, 0.1) is 26.0 Å². The summed E-state index contributed by atoms with van der Waals surface area (Å²) in [6.07, 6.45) is -0.324. The molecule has 0 aliphatic carbocycles. The third-order valence-electron chi connectivity index (χ3n) is 4.42. The van der Waals surface area contributed by atoms with E-state index in [1.807, 2.05) is 18.2 Å². The predicted octanol–water partition coefficient (Wildman–Crippen LogP) is 2.09. The molecular formula is C19H20ClNO5. The highest BCUT2D eigenvalue weighted by molar-refractivity contribution is 6.31. The monoisotopic (exact) mass is 377 g/mol. The molecule has 7 heteroatoms. The lowest BCUT2D eigenvalue weighted by Crippen LogP contribution is -2.43. The van der Waals surface area contributed by atoms with Crippen LogP contribution in [0.4, 0.5) is 0 Å². The van der Waals surface area contributed by atoms with Gasteiger partial charge in [-0.2, -0.15) is 0 Å². The highest BCUT2D eigenvalue weighted by atomic mass is 35.5. The Balaban J connectivity index is 1.81. The minimum absolute atomic E-state index is 0.150. The molecule has 1 aromatic carbocycles. The molecule has 1 saturated heterocycles. The summed E-state index contributed by atoms with van der Waals surface area (Å²) in [5.74, 6) is 0.193. The number of nitrogens with zero attached hydrogens (tertiary/aromatic N) is 1. The summed E-state index contributed by atoms with van der Waals surface area (Å²) in [5, 5.41) is 19.8. The number of aromatic nitrogens is 1. The van der Waals surface area contributed by atoms with E-state index in [-0.39, 0.29) is 6.42 Å². The van der Waals surface area contributed by atoms with Gasteiger partial charge in [-0.05, 0) is 29.3 Å². The zero-order valence-corrected chi connectivity index (χ0v) is 15.0. The van der Waals surface area contributed by atoms with Gasteiger partial charge in [0.1, 0.15) is 18.0 Å². The smallest absolute Gasteiger partial charge is 0.192 e. The zero-order chi connectivity index (χ0) is 18.7. The molecule has 26 heavy (non-hydrogen) atoms. The van der Waals surface area contributed by atoms with Gasteiger partial charge in [-0.25, -0.2) is 0 Å². The quantitative estimate of drug-likeness (QED) is 0.829. The molecule has 3 unspecified atom stereocenters. The first-order valence-electron chi connectivity index (χ1n) is 8.27. The van der Waals surface area contributed by atoms with Crippen LogP contribution in [-0.4, -0.2) is 46.9 Å². The topological polar surface area (TPSA) is 88.9 Å². The lowest BCUT2D eigenvalue weighted by Gasteiger charge is -2.31. The Labute approximate surface area is 156 Å². The van der Waals surface area contributed by atoms with Crippen molar-refractivity contribution in [1.82, 2.24) is 4.98 Å². The maximum atomic E-state index is 11.8. The standard InChI is InChI=1S/C19H20ClNO5/c1-25-14-4-3-13(21-9-14)7-12-6-11(2-5-15(12)20)17-8-16(23)19(24)18(10-22)26-17/h2-6,9,16-18,22-23H,7-8,10H2,1H3. The van der Waals surface area contributed by atoms with E-state index in [1.165, 1.54) is 0 Å². The molecule has 0 bridgehead atoms. The zero-order valence-electron chi connectivity index (χ0n) is 14.3. The highest BCUT2D eigenvalue weighted by Crippen LogP contribution is 2.32. The average molecular weight is 378 g/mol. The number of hydrogen-bond donors (Lipinski definition) is 2. The highest BCUT2D eigenvalue weighted by Gasteiger charge is 2.36. The van der Waals surface area contributed by atoms with Crippen LogP contribution in [0.3, 0.4) is 0 Å². The molecule has 3 atom stereocenters. The van der Waals surface area contributed by atoms with E-state index in [9.17, 15) is 15.0 Å². The van der Waals surface area contributed by atoms with E-state index >= 15 is 0 Å². The first-order valence-corrected chi connectivity index (χ1v) is 8.65. The summed E-state index contributed by atoms with van der Waals surface area (Å²) in [6, 6.07) is 9.14. The van der Waals surface area contributed by atoms with Gasteiger partial charge < -0.3 is 19.7 Å². The predicted molar refractivity (Wildman–Crippen MR) is 95.4 cm³/mol. The Bertz CT molecular complexity index is 780. The molecule has 1 aromatic heterocycles. The number of carbonyl (C=O) groups excluding carboxylic acids is 1. The second kappa shape index (κ2) is 8.14. The van der Waals surface area contributed by atoms with Gasteiger partial charge in [-0.15, -0.1) is 0 Å². The number of methoxy groups -OCH3 is 1. The number of pyridine rings is 1. The second-order valence-corrected chi connectivity index (χ2v) is 6.57. The number of halogens is 1.